The van der Waals surface area contributed by atoms with Gasteiger partial charge in [0.2, 0.25) is 0 Å². The summed E-state index contributed by atoms with van der Waals surface area (Å²) in [4.78, 5) is 0. The van der Waals surface area contributed by atoms with Crippen molar-refractivity contribution in [2.75, 3.05) is 6.54 Å². The minimum atomic E-state index is 0.909. The molecule has 0 amide bonds. The molecular weight excluding hydrogens is 110 g/mol. The average molecular weight is 123 g/mol. The molecule has 0 spiro atoms. The molecule has 1 nitrogen and oxygen atoms in total. The third kappa shape index (κ3) is 1.92. The summed E-state index contributed by atoms with van der Waals surface area (Å²) >= 11 is 0. The van der Waals surface area contributed by atoms with Crippen LogP contribution in [0.2, 0.25) is 0 Å². The Morgan fingerprint density at radius 2 is 2.67 bits per heavy atom. The van der Waals surface area contributed by atoms with Crippen LogP contribution in [0.1, 0.15) is 19.3 Å². The quantitative estimate of drug-likeness (QED) is 0.564. The average Bonchev–Trinajstić information content (AvgIpc) is 2.34. The molecule has 0 atom stereocenters. The van der Waals surface area contributed by atoms with E-state index in [1.165, 1.54) is 25.0 Å². The Hall–Kier alpha value is -0.720. The predicted octanol–water partition coefficient (Wildman–Crippen LogP) is 1.83. The van der Waals surface area contributed by atoms with Crippen LogP contribution < -0.4 is 5.32 Å². The van der Waals surface area contributed by atoms with Crippen LogP contribution in [0.4, 0.5) is 0 Å². The molecule has 0 heterocycles. The Kier molecular flexibility index (Phi) is 2.37. The van der Waals surface area contributed by atoms with Gasteiger partial charge in [0.05, 0.1) is 0 Å². The largest absolute Gasteiger partial charge is 0.385 e. The standard InChI is InChI=1S/C8H13N/c1-2-7-9-8-5-3-4-6-8/h2,5,9H,1,3-4,6-7H2. The van der Waals surface area contributed by atoms with Crippen LogP contribution in [0.15, 0.2) is 24.4 Å². The smallest absolute Gasteiger partial charge is 0.0325 e. The van der Waals surface area contributed by atoms with Gasteiger partial charge in [-0.2, -0.15) is 0 Å². The molecule has 0 aromatic carbocycles. The molecule has 1 rings (SSSR count). The van der Waals surface area contributed by atoms with Gasteiger partial charge in [0.25, 0.3) is 0 Å². The zero-order chi connectivity index (χ0) is 6.53. The lowest BCUT2D eigenvalue weighted by Gasteiger charge is -2.00. The lowest BCUT2D eigenvalue weighted by molar-refractivity contribution is 0.815. The van der Waals surface area contributed by atoms with Gasteiger partial charge in [-0.1, -0.05) is 12.2 Å². The number of allylic oxidation sites excluding steroid dienone is 2. The molecule has 0 aliphatic heterocycles. The van der Waals surface area contributed by atoms with E-state index in [0.717, 1.165) is 6.54 Å². The van der Waals surface area contributed by atoms with E-state index in [2.05, 4.69) is 18.0 Å². The van der Waals surface area contributed by atoms with E-state index in [0.29, 0.717) is 0 Å². The van der Waals surface area contributed by atoms with E-state index in [9.17, 15) is 0 Å². The maximum absolute atomic E-state index is 3.63. The Morgan fingerprint density at radius 3 is 3.22 bits per heavy atom. The van der Waals surface area contributed by atoms with Crippen molar-refractivity contribution in [3.05, 3.63) is 24.4 Å². The molecule has 1 N–H and O–H groups in total. The first kappa shape index (κ1) is 6.40. The van der Waals surface area contributed by atoms with Crippen LogP contribution >= 0.6 is 0 Å². The third-order valence-electron chi connectivity index (χ3n) is 1.51. The fourth-order valence-corrected chi connectivity index (χ4v) is 1.03. The molecule has 0 fully saturated rings. The van der Waals surface area contributed by atoms with Gasteiger partial charge in [0, 0.05) is 12.2 Å². The van der Waals surface area contributed by atoms with Crippen LogP contribution in [-0.4, -0.2) is 6.54 Å². The fraction of sp³-hybridized carbons (Fsp3) is 0.500. The van der Waals surface area contributed by atoms with Gasteiger partial charge in [0.1, 0.15) is 0 Å². The summed E-state index contributed by atoms with van der Waals surface area (Å²) in [6, 6.07) is 0. The van der Waals surface area contributed by atoms with E-state index in [1.807, 2.05) is 6.08 Å². The lowest BCUT2D eigenvalue weighted by atomic mass is 10.3. The second kappa shape index (κ2) is 3.33. The SMILES string of the molecule is C=CCNC1=CCCC1. The van der Waals surface area contributed by atoms with Gasteiger partial charge in [-0.3, -0.25) is 0 Å². The fourth-order valence-electron chi connectivity index (χ4n) is 1.03. The Balaban J connectivity index is 2.18. The molecule has 1 aliphatic rings. The zero-order valence-electron chi connectivity index (χ0n) is 5.69. The molecular formula is C8H13N. The molecule has 0 aromatic rings. The Morgan fingerprint density at radius 1 is 1.78 bits per heavy atom. The first-order valence-electron chi connectivity index (χ1n) is 3.47. The molecule has 0 saturated carbocycles. The highest BCUT2D eigenvalue weighted by Crippen LogP contribution is 2.13. The van der Waals surface area contributed by atoms with Crippen molar-refractivity contribution in [2.24, 2.45) is 0 Å². The van der Waals surface area contributed by atoms with Gasteiger partial charge < -0.3 is 5.32 Å². The summed E-state index contributed by atoms with van der Waals surface area (Å²) in [5.41, 5.74) is 1.40. The second-order valence-corrected chi connectivity index (χ2v) is 2.29. The van der Waals surface area contributed by atoms with Crippen LogP contribution in [0.5, 0.6) is 0 Å². The maximum atomic E-state index is 3.63. The summed E-state index contributed by atoms with van der Waals surface area (Å²) < 4.78 is 0. The summed E-state index contributed by atoms with van der Waals surface area (Å²) in [6.45, 7) is 4.54. The summed E-state index contributed by atoms with van der Waals surface area (Å²) in [5, 5.41) is 3.27. The van der Waals surface area contributed by atoms with Crippen molar-refractivity contribution in [3.63, 3.8) is 0 Å². The van der Waals surface area contributed by atoms with E-state index >= 15 is 0 Å². The molecule has 1 aliphatic carbocycles. The Labute approximate surface area is 56.5 Å². The first-order chi connectivity index (χ1) is 4.43. The van der Waals surface area contributed by atoms with Gasteiger partial charge in [-0.15, -0.1) is 6.58 Å². The summed E-state index contributed by atoms with van der Waals surface area (Å²) in [5.74, 6) is 0. The van der Waals surface area contributed by atoms with Crippen LogP contribution in [0.25, 0.3) is 0 Å². The molecule has 50 valence electrons. The van der Waals surface area contributed by atoms with Gasteiger partial charge in [0.15, 0.2) is 0 Å². The van der Waals surface area contributed by atoms with E-state index in [1.54, 1.807) is 0 Å². The van der Waals surface area contributed by atoms with Gasteiger partial charge in [-0.25, -0.2) is 0 Å². The number of hydrogen-bond donors (Lipinski definition) is 1. The highest BCUT2D eigenvalue weighted by Gasteiger charge is 2.00. The number of hydrogen-bond acceptors (Lipinski definition) is 1. The first-order valence-corrected chi connectivity index (χ1v) is 3.47. The minimum absolute atomic E-state index is 0.909. The molecule has 1 heteroatoms. The molecule has 0 unspecified atom stereocenters. The van der Waals surface area contributed by atoms with Crippen molar-refractivity contribution >= 4 is 0 Å². The van der Waals surface area contributed by atoms with Gasteiger partial charge >= 0.3 is 0 Å². The predicted molar refractivity (Wildman–Crippen MR) is 40.1 cm³/mol. The molecule has 0 radical (unpaired) electrons. The molecule has 9 heavy (non-hydrogen) atoms. The topological polar surface area (TPSA) is 12.0 Å². The van der Waals surface area contributed by atoms with Crippen molar-refractivity contribution in [1.29, 1.82) is 0 Å². The van der Waals surface area contributed by atoms with Crippen molar-refractivity contribution in [3.8, 4) is 0 Å². The highest BCUT2D eigenvalue weighted by atomic mass is 14.9. The van der Waals surface area contributed by atoms with Crippen LogP contribution in [0.3, 0.4) is 0 Å². The van der Waals surface area contributed by atoms with Crippen LogP contribution in [-0.2, 0) is 0 Å². The third-order valence-corrected chi connectivity index (χ3v) is 1.51. The van der Waals surface area contributed by atoms with Crippen molar-refractivity contribution < 1.29 is 0 Å². The molecule has 0 aromatic heterocycles. The van der Waals surface area contributed by atoms with E-state index in [4.69, 9.17) is 0 Å². The molecule has 0 saturated heterocycles. The van der Waals surface area contributed by atoms with Gasteiger partial charge in [-0.05, 0) is 19.3 Å². The normalized spacial score (nSPS) is 17.1. The maximum Gasteiger partial charge on any atom is 0.0325 e. The van der Waals surface area contributed by atoms with E-state index in [-0.39, 0.29) is 0 Å². The number of nitrogens with one attached hydrogen (secondary N) is 1. The monoisotopic (exact) mass is 123 g/mol. The highest BCUT2D eigenvalue weighted by molar-refractivity contribution is 5.05. The summed E-state index contributed by atoms with van der Waals surface area (Å²) in [7, 11) is 0. The van der Waals surface area contributed by atoms with Crippen molar-refractivity contribution in [1.82, 2.24) is 5.32 Å². The Bertz CT molecular complexity index is 125. The van der Waals surface area contributed by atoms with Crippen LogP contribution in [0, 0.1) is 0 Å². The second-order valence-electron chi connectivity index (χ2n) is 2.29. The van der Waals surface area contributed by atoms with E-state index < -0.39 is 0 Å². The number of rotatable bonds is 3. The summed E-state index contributed by atoms with van der Waals surface area (Å²) in [6.07, 6.45) is 7.95. The lowest BCUT2D eigenvalue weighted by Crippen LogP contribution is -2.10. The zero-order valence-corrected chi connectivity index (χ0v) is 5.69. The van der Waals surface area contributed by atoms with Crippen molar-refractivity contribution in [2.45, 2.75) is 19.3 Å². The minimum Gasteiger partial charge on any atom is -0.385 e. The molecule has 0 bridgehead atoms.